The molecular weight excluding hydrogens is 592 g/mol. The van der Waals surface area contributed by atoms with Crippen molar-refractivity contribution in [3.05, 3.63) is 56.8 Å². The highest BCUT2D eigenvalue weighted by atomic mass is 35.5. The molecule has 8 nitrogen and oxygen atoms in total. The highest BCUT2D eigenvalue weighted by molar-refractivity contribution is 7.22. The lowest BCUT2D eigenvalue weighted by Crippen LogP contribution is -2.39. The van der Waals surface area contributed by atoms with Crippen LogP contribution < -0.4 is 15.4 Å². The monoisotopic (exact) mass is 619 g/mol. The van der Waals surface area contributed by atoms with Gasteiger partial charge in [-0.15, -0.1) is 0 Å². The summed E-state index contributed by atoms with van der Waals surface area (Å²) in [5.74, 6) is -0.518. The fraction of sp³-hybridized carbons (Fsp3) is 0.414. The Morgan fingerprint density at radius 1 is 1.15 bits per heavy atom. The largest absolute Gasteiger partial charge is 0.497 e. The van der Waals surface area contributed by atoms with Crippen molar-refractivity contribution in [2.45, 2.75) is 37.8 Å². The number of piperidine rings is 1. The number of anilines is 1. The summed E-state index contributed by atoms with van der Waals surface area (Å²) < 4.78 is 31.6. The minimum absolute atomic E-state index is 0.0296. The third-order valence-electron chi connectivity index (χ3n) is 8.11. The molecule has 1 aliphatic heterocycles. The van der Waals surface area contributed by atoms with Crippen LogP contribution in [0.1, 0.15) is 41.6 Å². The van der Waals surface area contributed by atoms with Crippen LogP contribution in [0.5, 0.6) is 5.75 Å². The Morgan fingerprint density at radius 2 is 1.88 bits per heavy atom. The Kier molecular flexibility index (Phi) is 7.61. The molecule has 2 heterocycles. The number of ketones is 1. The number of rotatable bonds is 9. The van der Waals surface area contributed by atoms with Gasteiger partial charge in [0.2, 0.25) is 0 Å². The van der Waals surface area contributed by atoms with Crippen LogP contribution in [0.2, 0.25) is 10.0 Å². The van der Waals surface area contributed by atoms with Crippen LogP contribution in [-0.2, 0) is 14.3 Å². The van der Waals surface area contributed by atoms with Crippen LogP contribution in [0.15, 0.2) is 29.8 Å². The smallest absolute Gasteiger partial charge is 0.338 e. The first-order chi connectivity index (χ1) is 19.7. The maximum absolute atomic E-state index is 14.7. The van der Waals surface area contributed by atoms with E-state index in [0.717, 1.165) is 31.7 Å². The molecule has 2 bridgehead atoms. The lowest BCUT2D eigenvalue weighted by Gasteiger charge is -2.31. The van der Waals surface area contributed by atoms with Gasteiger partial charge in [-0.3, -0.25) is 4.79 Å². The zero-order valence-corrected chi connectivity index (χ0v) is 24.7. The first-order valence-electron chi connectivity index (χ1n) is 13.3. The summed E-state index contributed by atoms with van der Waals surface area (Å²) in [6, 6.07) is 6.17. The van der Waals surface area contributed by atoms with Gasteiger partial charge in [-0.1, -0.05) is 34.5 Å². The van der Waals surface area contributed by atoms with Crippen LogP contribution in [0, 0.1) is 17.7 Å². The van der Waals surface area contributed by atoms with Gasteiger partial charge in [-0.25, -0.2) is 14.2 Å². The van der Waals surface area contributed by atoms with Gasteiger partial charge in [-0.05, 0) is 49.9 Å². The average Bonchev–Trinajstić information content (AvgIpc) is 3.40. The molecule has 6 rings (SSSR count). The predicted octanol–water partition coefficient (Wildman–Crippen LogP) is 5.87. The number of carbonyl (C=O) groups excluding carboxylic acids is 2. The van der Waals surface area contributed by atoms with Gasteiger partial charge < -0.3 is 24.8 Å². The van der Waals surface area contributed by atoms with Crippen molar-refractivity contribution in [3.8, 4) is 5.75 Å². The summed E-state index contributed by atoms with van der Waals surface area (Å²) in [6.07, 6.45) is 3.23. The quantitative estimate of drug-likeness (QED) is 0.234. The number of ether oxygens (including phenoxy) is 3. The highest BCUT2D eigenvalue weighted by Crippen LogP contribution is 2.45. The number of thiazole rings is 1. The summed E-state index contributed by atoms with van der Waals surface area (Å²) in [5, 5.41) is 1.31. The Bertz CT molecular complexity index is 1570. The molecule has 2 aliphatic carbocycles. The maximum Gasteiger partial charge on any atom is 0.338 e. The normalized spacial score (nSPS) is 22.3. The van der Waals surface area contributed by atoms with Gasteiger partial charge in [0.05, 0.1) is 52.9 Å². The second kappa shape index (κ2) is 11.1. The number of Topliss-reactive ketones (excluding diaryl/α,β-unsaturated/α-hetero) is 1. The van der Waals surface area contributed by atoms with Gasteiger partial charge in [0.15, 0.2) is 16.7 Å². The first-order valence-corrected chi connectivity index (χ1v) is 14.9. The van der Waals surface area contributed by atoms with Crippen molar-refractivity contribution < 1.29 is 28.2 Å². The van der Waals surface area contributed by atoms with Gasteiger partial charge in [-0.2, -0.15) is 0 Å². The van der Waals surface area contributed by atoms with E-state index in [4.69, 9.17) is 43.1 Å². The molecule has 0 unspecified atom stereocenters. The molecule has 12 heteroatoms. The number of hydrogen-bond donors (Lipinski definition) is 1. The summed E-state index contributed by atoms with van der Waals surface area (Å²) in [5.41, 5.74) is 7.96. The molecule has 2 aromatic carbocycles. The molecule has 1 saturated heterocycles. The Balaban J connectivity index is 1.19. The zero-order chi connectivity index (χ0) is 29.0. The highest BCUT2D eigenvalue weighted by Gasteiger charge is 2.46. The molecule has 41 heavy (non-hydrogen) atoms. The number of fused-ring (bicyclic) bond motifs is 3. The van der Waals surface area contributed by atoms with Crippen molar-refractivity contribution in [2.75, 3.05) is 32.3 Å². The van der Waals surface area contributed by atoms with Gasteiger partial charge >= 0.3 is 5.97 Å². The van der Waals surface area contributed by atoms with Crippen LogP contribution >= 0.6 is 34.5 Å². The van der Waals surface area contributed by atoms with Crippen molar-refractivity contribution in [3.63, 3.8) is 0 Å². The zero-order valence-electron chi connectivity index (χ0n) is 22.4. The molecule has 0 spiro atoms. The Hall–Kier alpha value is -2.92. The number of hydrogen-bond acceptors (Lipinski definition) is 9. The van der Waals surface area contributed by atoms with E-state index in [1.807, 2.05) is 0 Å². The van der Waals surface area contributed by atoms with Gasteiger partial charge in [0, 0.05) is 35.6 Å². The molecule has 0 radical (unpaired) electrons. The summed E-state index contributed by atoms with van der Waals surface area (Å²) in [4.78, 5) is 31.9. The van der Waals surface area contributed by atoms with Crippen LogP contribution in [0.3, 0.4) is 0 Å². The SMILES string of the molecule is COC(=O)c1cc(F)c2nc(N3C[C@@H]4C[C@H]3C[C@H]4OCC(C(=O)C3CC3)=C(N)c3c(Cl)cc(OC)cc3Cl)sc2c1. The number of nitrogens with zero attached hydrogens (tertiary/aromatic N) is 2. The van der Waals surface area contributed by atoms with E-state index in [2.05, 4.69) is 9.88 Å². The van der Waals surface area contributed by atoms with Gasteiger partial charge in [0.1, 0.15) is 11.3 Å². The Labute approximate surface area is 250 Å². The molecule has 0 amide bonds. The lowest BCUT2D eigenvalue weighted by molar-refractivity contribution is -0.117. The third kappa shape index (κ3) is 5.27. The van der Waals surface area contributed by atoms with E-state index >= 15 is 0 Å². The second-order valence-corrected chi connectivity index (χ2v) is 12.5. The van der Waals surface area contributed by atoms with Crippen LogP contribution in [0.25, 0.3) is 15.9 Å². The molecule has 1 aromatic heterocycles. The first kappa shape index (κ1) is 28.2. The Morgan fingerprint density at radius 3 is 2.49 bits per heavy atom. The molecule has 3 aromatic rings. The number of methoxy groups -OCH3 is 2. The average molecular weight is 621 g/mol. The van der Waals surface area contributed by atoms with E-state index in [1.54, 1.807) is 18.2 Å². The minimum Gasteiger partial charge on any atom is -0.497 e. The summed E-state index contributed by atoms with van der Waals surface area (Å²) >= 11 is 14.3. The second-order valence-electron chi connectivity index (χ2n) is 10.7. The molecule has 2 saturated carbocycles. The van der Waals surface area contributed by atoms with Crippen molar-refractivity contribution in [1.82, 2.24) is 4.98 Å². The van der Waals surface area contributed by atoms with Crippen molar-refractivity contribution in [1.29, 1.82) is 0 Å². The fourth-order valence-electron chi connectivity index (χ4n) is 5.82. The van der Waals surface area contributed by atoms with Crippen LogP contribution in [0.4, 0.5) is 9.52 Å². The van der Waals surface area contributed by atoms with E-state index in [1.165, 1.54) is 25.6 Å². The van der Waals surface area contributed by atoms with Crippen molar-refractivity contribution >= 4 is 67.3 Å². The van der Waals surface area contributed by atoms with E-state index in [0.29, 0.717) is 43.3 Å². The molecule has 2 N–H and O–H groups in total. The number of esters is 1. The van der Waals surface area contributed by atoms with Crippen LogP contribution in [-0.4, -0.2) is 56.3 Å². The van der Waals surface area contributed by atoms with E-state index < -0.39 is 11.8 Å². The standard InChI is InChI=1S/C29H28Cl2FN3O5S/c1-38-17-9-19(30)24(20(31)10-17)25(33)18(27(36)13-3-4-13)12-40-22-8-16-5-15(22)11-35(16)29-34-26-21(32)6-14(28(37)39-2)7-23(26)41-29/h6-7,9-10,13,15-16,22H,3-5,8,11-12,33H2,1-2H3/t15-,16-,22+/m0/s1. The molecule has 3 atom stereocenters. The lowest BCUT2D eigenvalue weighted by atomic mass is 10.0. The minimum atomic E-state index is -0.591. The van der Waals surface area contributed by atoms with Gasteiger partial charge in [0.25, 0.3) is 0 Å². The molecule has 3 aliphatic rings. The number of carbonyl (C=O) groups is 2. The fourth-order valence-corrected chi connectivity index (χ4v) is 7.59. The maximum atomic E-state index is 14.7. The van der Waals surface area contributed by atoms with Crippen molar-refractivity contribution in [2.24, 2.45) is 17.6 Å². The predicted molar refractivity (Wildman–Crippen MR) is 156 cm³/mol. The topological polar surface area (TPSA) is 104 Å². The number of halogens is 3. The number of aromatic nitrogens is 1. The third-order valence-corrected chi connectivity index (χ3v) is 9.75. The summed E-state index contributed by atoms with van der Waals surface area (Å²) in [6.45, 7) is 0.762. The number of nitrogens with two attached hydrogens (primary N) is 1. The summed E-state index contributed by atoms with van der Waals surface area (Å²) in [7, 11) is 2.78. The molecule has 216 valence electrons. The molecule has 3 fully saturated rings. The van der Waals surface area contributed by atoms with E-state index in [-0.39, 0.29) is 53.1 Å². The number of benzene rings is 2. The van der Waals surface area contributed by atoms with E-state index in [9.17, 15) is 14.0 Å². The molecular formula is C29H28Cl2FN3O5S.